The first-order valence-corrected chi connectivity index (χ1v) is 5.30. The molecule has 0 atom stereocenters. The van der Waals surface area contributed by atoms with Gasteiger partial charge in [-0.15, -0.1) is 0 Å². The van der Waals surface area contributed by atoms with Crippen molar-refractivity contribution in [1.29, 1.82) is 0 Å². The number of hydrogen-bond donors (Lipinski definition) is 0. The average molecular weight is 246 g/mol. The predicted octanol–water partition coefficient (Wildman–Crippen LogP) is 3.80. The van der Waals surface area contributed by atoms with E-state index in [1.807, 2.05) is 6.92 Å². The van der Waals surface area contributed by atoms with Gasteiger partial charge in [-0.25, -0.2) is 0 Å². The Bertz CT molecular complexity index is 195. The Balaban J connectivity index is 4.17. The molecule has 0 heterocycles. The highest BCUT2D eigenvalue weighted by Crippen LogP contribution is 2.37. The number of hydrogen-bond acceptors (Lipinski definition) is 2. The summed E-state index contributed by atoms with van der Waals surface area (Å²) in [6, 6.07) is 0. The van der Waals surface area contributed by atoms with Crippen molar-refractivity contribution in [2.24, 2.45) is 0 Å². The van der Waals surface area contributed by atoms with Crippen LogP contribution in [0.4, 0.5) is 17.6 Å². The molecule has 0 aromatic rings. The summed E-state index contributed by atoms with van der Waals surface area (Å²) in [6.45, 7) is 3.97. The molecule has 0 unspecified atom stereocenters. The molecule has 0 aliphatic rings. The van der Waals surface area contributed by atoms with Gasteiger partial charge in [0.15, 0.2) is 0 Å². The normalized spacial score (nSPS) is 13.5. The molecule has 0 bridgehead atoms. The van der Waals surface area contributed by atoms with Crippen LogP contribution in [0.1, 0.15) is 40.0 Å². The molecule has 0 spiro atoms. The van der Waals surface area contributed by atoms with Crippen LogP contribution in [-0.2, 0) is 9.47 Å². The van der Waals surface area contributed by atoms with Crippen LogP contribution in [0.2, 0.25) is 0 Å². The SMILES string of the molecule is CCCCCOC(F)(F)C(F)(F)OC(C)C. The lowest BCUT2D eigenvalue weighted by Crippen LogP contribution is -2.46. The van der Waals surface area contributed by atoms with Crippen LogP contribution in [-0.4, -0.2) is 24.9 Å². The number of unbranched alkanes of at least 4 members (excludes halogenated alkanes) is 2. The molecule has 0 aromatic heterocycles. The topological polar surface area (TPSA) is 18.5 Å². The molecular weight excluding hydrogens is 228 g/mol. The molecule has 0 aliphatic carbocycles. The van der Waals surface area contributed by atoms with Gasteiger partial charge in [0, 0.05) is 0 Å². The van der Waals surface area contributed by atoms with E-state index in [1.54, 1.807) is 0 Å². The monoisotopic (exact) mass is 246 g/mol. The minimum atomic E-state index is -4.59. The van der Waals surface area contributed by atoms with Crippen LogP contribution < -0.4 is 0 Å². The first kappa shape index (κ1) is 15.6. The van der Waals surface area contributed by atoms with Gasteiger partial charge >= 0.3 is 12.2 Å². The highest BCUT2D eigenvalue weighted by molar-refractivity contribution is 4.67. The molecule has 0 N–H and O–H groups in total. The van der Waals surface area contributed by atoms with E-state index in [4.69, 9.17) is 0 Å². The van der Waals surface area contributed by atoms with E-state index in [9.17, 15) is 17.6 Å². The number of halogens is 4. The van der Waals surface area contributed by atoms with Gasteiger partial charge in [0.2, 0.25) is 0 Å². The molecule has 0 amide bonds. The number of rotatable bonds is 8. The Morgan fingerprint density at radius 1 is 1.00 bits per heavy atom. The van der Waals surface area contributed by atoms with Crippen molar-refractivity contribution in [2.75, 3.05) is 6.61 Å². The van der Waals surface area contributed by atoms with Crippen molar-refractivity contribution in [3.63, 3.8) is 0 Å². The Morgan fingerprint density at radius 2 is 1.56 bits per heavy atom. The largest absolute Gasteiger partial charge is 0.448 e. The summed E-state index contributed by atoms with van der Waals surface area (Å²) in [6.07, 6.45) is -8.39. The third kappa shape index (κ3) is 5.12. The highest BCUT2D eigenvalue weighted by Gasteiger charge is 2.60. The second kappa shape index (κ2) is 6.39. The van der Waals surface area contributed by atoms with Crippen molar-refractivity contribution < 1.29 is 27.0 Å². The van der Waals surface area contributed by atoms with Crippen LogP contribution >= 0.6 is 0 Å². The second-order valence-electron chi connectivity index (χ2n) is 3.76. The quantitative estimate of drug-likeness (QED) is 0.479. The van der Waals surface area contributed by atoms with E-state index in [1.165, 1.54) is 13.8 Å². The van der Waals surface area contributed by atoms with Crippen LogP contribution in [0, 0.1) is 0 Å². The molecule has 2 nitrogen and oxygen atoms in total. The van der Waals surface area contributed by atoms with Gasteiger partial charge in [0.1, 0.15) is 0 Å². The first-order valence-electron chi connectivity index (χ1n) is 5.30. The Hall–Kier alpha value is -0.360. The Kier molecular flexibility index (Phi) is 6.25. The second-order valence-corrected chi connectivity index (χ2v) is 3.76. The molecule has 0 fully saturated rings. The molecule has 0 aromatic carbocycles. The van der Waals surface area contributed by atoms with Crippen molar-refractivity contribution in [2.45, 2.75) is 58.4 Å². The predicted molar refractivity (Wildman–Crippen MR) is 51.6 cm³/mol. The maximum Gasteiger partial charge on any atom is 0.448 e. The molecule has 0 aliphatic heterocycles. The summed E-state index contributed by atoms with van der Waals surface area (Å²) in [7, 11) is 0. The lowest BCUT2D eigenvalue weighted by molar-refractivity contribution is -0.437. The molecule has 0 radical (unpaired) electrons. The third-order valence-corrected chi connectivity index (χ3v) is 1.75. The summed E-state index contributed by atoms with van der Waals surface area (Å²) in [5.41, 5.74) is 0. The highest BCUT2D eigenvalue weighted by atomic mass is 19.3. The lowest BCUT2D eigenvalue weighted by Gasteiger charge is -2.27. The van der Waals surface area contributed by atoms with E-state index in [0.717, 1.165) is 6.42 Å². The Labute approximate surface area is 92.9 Å². The molecular formula is C10H18F4O2. The van der Waals surface area contributed by atoms with E-state index >= 15 is 0 Å². The Morgan fingerprint density at radius 3 is 2.00 bits per heavy atom. The van der Waals surface area contributed by atoms with Crippen molar-refractivity contribution >= 4 is 0 Å². The maximum atomic E-state index is 12.9. The molecule has 98 valence electrons. The summed E-state index contributed by atoms with van der Waals surface area (Å²) < 4.78 is 59.3. The van der Waals surface area contributed by atoms with E-state index in [-0.39, 0.29) is 0 Å². The fourth-order valence-electron chi connectivity index (χ4n) is 1.00. The zero-order chi connectivity index (χ0) is 12.8. The number of alkyl halides is 4. The van der Waals surface area contributed by atoms with Crippen molar-refractivity contribution in [1.82, 2.24) is 0 Å². The molecule has 0 saturated heterocycles. The van der Waals surface area contributed by atoms with Crippen LogP contribution in [0.25, 0.3) is 0 Å². The lowest BCUT2D eigenvalue weighted by atomic mass is 10.3. The maximum absolute atomic E-state index is 12.9. The van der Waals surface area contributed by atoms with Crippen LogP contribution in [0.3, 0.4) is 0 Å². The third-order valence-electron chi connectivity index (χ3n) is 1.75. The summed E-state index contributed by atoms with van der Waals surface area (Å²) in [5.74, 6) is 0. The zero-order valence-electron chi connectivity index (χ0n) is 9.73. The van der Waals surface area contributed by atoms with Gasteiger partial charge in [-0.2, -0.15) is 17.6 Å². The van der Waals surface area contributed by atoms with Gasteiger partial charge in [0.05, 0.1) is 12.7 Å². The summed E-state index contributed by atoms with van der Waals surface area (Å²) in [4.78, 5) is 0. The van der Waals surface area contributed by atoms with E-state index in [0.29, 0.717) is 12.8 Å². The van der Waals surface area contributed by atoms with Gasteiger partial charge in [-0.05, 0) is 20.3 Å². The average Bonchev–Trinajstić information content (AvgIpc) is 2.10. The van der Waals surface area contributed by atoms with Crippen molar-refractivity contribution in [3.8, 4) is 0 Å². The van der Waals surface area contributed by atoms with Crippen LogP contribution in [0.15, 0.2) is 0 Å². The number of ether oxygens (including phenoxy) is 2. The molecule has 0 rings (SSSR count). The molecule has 6 heteroatoms. The minimum absolute atomic E-state index is 0.323. The first-order chi connectivity index (χ1) is 7.23. The zero-order valence-corrected chi connectivity index (χ0v) is 9.73. The van der Waals surface area contributed by atoms with E-state index < -0.39 is 24.9 Å². The van der Waals surface area contributed by atoms with Gasteiger partial charge < -0.3 is 9.47 Å². The van der Waals surface area contributed by atoms with Gasteiger partial charge in [-0.3, -0.25) is 0 Å². The van der Waals surface area contributed by atoms with E-state index in [2.05, 4.69) is 9.47 Å². The van der Waals surface area contributed by atoms with Crippen molar-refractivity contribution in [3.05, 3.63) is 0 Å². The fraction of sp³-hybridized carbons (Fsp3) is 1.00. The minimum Gasteiger partial charge on any atom is -0.313 e. The van der Waals surface area contributed by atoms with Gasteiger partial charge in [0.25, 0.3) is 0 Å². The molecule has 0 saturated carbocycles. The molecule has 16 heavy (non-hydrogen) atoms. The summed E-state index contributed by atoms with van der Waals surface area (Å²) in [5, 5.41) is 0. The van der Waals surface area contributed by atoms with Gasteiger partial charge in [-0.1, -0.05) is 19.8 Å². The summed E-state index contributed by atoms with van der Waals surface area (Å²) >= 11 is 0. The standard InChI is InChI=1S/C10H18F4O2/c1-4-5-6-7-15-9(11,12)10(13,14)16-8(2)3/h8H,4-7H2,1-3H3. The fourth-order valence-corrected chi connectivity index (χ4v) is 1.00. The smallest absolute Gasteiger partial charge is 0.313 e. The van der Waals surface area contributed by atoms with Crippen LogP contribution in [0.5, 0.6) is 0 Å².